The Morgan fingerprint density at radius 2 is 2.23 bits per heavy atom. The number of aliphatic carboxylic acids is 1. The maximum Gasteiger partial charge on any atom is 0.376 e. The molecule has 0 saturated heterocycles. The molecule has 0 bridgehead atoms. The summed E-state index contributed by atoms with van der Waals surface area (Å²) in [5.74, 6) is -1.81. The van der Waals surface area contributed by atoms with E-state index in [0.717, 1.165) is 31.9 Å². The molecule has 8 nitrogen and oxygen atoms in total. The van der Waals surface area contributed by atoms with Crippen LogP contribution in [0.25, 0.3) is 0 Å². The Morgan fingerprint density at radius 1 is 1.59 bits per heavy atom. The molecule has 0 aliphatic heterocycles. The van der Waals surface area contributed by atoms with Gasteiger partial charge in [-0.15, -0.1) is 0 Å². The number of anilines is 1. The second-order valence-electron chi connectivity index (χ2n) is 5.43. The van der Waals surface area contributed by atoms with Crippen LogP contribution in [0.2, 0.25) is 5.28 Å². The highest BCUT2D eigenvalue weighted by Gasteiger charge is 2.33. The Hall–Kier alpha value is -1.96. The van der Waals surface area contributed by atoms with E-state index in [4.69, 9.17) is 11.6 Å². The monoisotopic (exact) mass is 328 g/mol. The number of hydrogen-bond donors (Lipinski definition) is 1. The Morgan fingerprint density at radius 3 is 2.77 bits per heavy atom. The number of hydrogen-bond acceptors (Lipinski definition) is 6. The molecule has 0 amide bonds. The highest BCUT2D eigenvalue weighted by Crippen LogP contribution is 2.33. The third-order valence-electron chi connectivity index (χ3n) is 3.84. The van der Waals surface area contributed by atoms with E-state index in [1.54, 1.807) is 4.90 Å². The maximum atomic E-state index is 11.3. The van der Waals surface area contributed by atoms with E-state index in [0.29, 0.717) is 0 Å². The van der Waals surface area contributed by atoms with Crippen molar-refractivity contribution >= 4 is 29.1 Å². The summed E-state index contributed by atoms with van der Waals surface area (Å²) in [6.07, 6.45) is 4.84. The molecule has 120 valence electrons. The van der Waals surface area contributed by atoms with Gasteiger partial charge < -0.3 is 14.8 Å². The zero-order valence-corrected chi connectivity index (χ0v) is 12.9. The van der Waals surface area contributed by atoms with Crippen molar-refractivity contribution in [3.63, 3.8) is 0 Å². The van der Waals surface area contributed by atoms with Gasteiger partial charge in [-0.2, -0.15) is 4.98 Å². The third kappa shape index (κ3) is 3.62. The fourth-order valence-electron chi connectivity index (χ4n) is 2.69. The van der Waals surface area contributed by atoms with E-state index in [9.17, 15) is 20.0 Å². The van der Waals surface area contributed by atoms with Gasteiger partial charge in [-0.05, 0) is 24.4 Å². The van der Waals surface area contributed by atoms with Gasteiger partial charge in [0.15, 0.2) is 0 Å². The molecular weight excluding hydrogens is 312 g/mol. The predicted molar refractivity (Wildman–Crippen MR) is 75.9 cm³/mol. The van der Waals surface area contributed by atoms with E-state index in [1.165, 1.54) is 6.92 Å². The van der Waals surface area contributed by atoms with Gasteiger partial charge in [0.2, 0.25) is 11.1 Å². The average Bonchev–Trinajstić information content (AvgIpc) is 2.97. The number of carboxylic acids is 1. The van der Waals surface area contributed by atoms with Gasteiger partial charge in [0, 0.05) is 24.5 Å². The number of halogens is 1. The van der Waals surface area contributed by atoms with E-state index < -0.39 is 11.9 Å². The van der Waals surface area contributed by atoms with Gasteiger partial charge >= 0.3 is 5.69 Å². The first kappa shape index (κ1) is 16.4. The van der Waals surface area contributed by atoms with Crippen LogP contribution in [-0.2, 0) is 4.79 Å². The molecule has 1 atom stereocenters. The Bertz CT molecular complexity index is 577. The van der Waals surface area contributed by atoms with Gasteiger partial charge in [0.1, 0.15) is 6.20 Å². The van der Waals surface area contributed by atoms with Crippen molar-refractivity contribution in [1.82, 2.24) is 9.97 Å². The number of carbonyl (C=O) groups is 1. The van der Waals surface area contributed by atoms with Crippen LogP contribution in [0.1, 0.15) is 32.6 Å². The standard InChI is InChI=1S/C13H17ClN4O4/c1-8(12(19)20)7-17(9-4-2-3-5-9)11-10(18(21)22)6-15-13(14)16-11/h6,8-9H,2-5,7H2,1H3,(H-,19,20,21,22). The number of aromatic nitrogens is 2. The fourth-order valence-corrected chi connectivity index (χ4v) is 2.81. The molecule has 1 heterocycles. The summed E-state index contributed by atoms with van der Waals surface area (Å²) in [5.41, 5.74) is -0.165. The summed E-state index contributed by atoms with van der Waals surface area (Å²) in [7, 11) is 0. The molecule has 1 aliphatic rings. The summed E-state index contributed by atoms with van der Waals surface area (Å²) in [6.45, 7) is 1.63. The Balaban J connectivity index is 2.41. The summed E-state index contributed by atoms with van der Waals surface area (Å²) in [6, 6.07) is 0.0338. The van der Waals surface area contributed by atoms with Gasteiger partial charge in [0.05, 0.1) is 4.91 Å². The SMILES string of the molecule is CC(CN(c1nc(Cl)ncc1[N+](=O)O)C1CCCC1)C(=O)[O-]. The van der Waals surface area contributed by atoms with Crippen LogP contribution in [0.3, 0.4) is 0 Å². The number of carbonyl (C=O) groups excluding carboxylic acids is 1. The summed E-state index contributed by atoms with van der Waals surface area (Å²) < 4.78 is 0. The second kappa shape index (κ2) is 6.87. The minimum absolute atomic E-state index is 0.0338. The molecule has 1 unspecified atom stereocenters. The molecule has 1 saturated carbocycles. The average molecular weight is 329 g/mol. The van der Waals surface area contributed by atoms with Gasteiger partial charge in [-0.25, -0.2) is 10.2 Å². The van der Waals surface area contributed by atoms with Crippen molar-refractivity contribution in [3.8, 4) is 0 Å². The fraction of sp³-hybridized carbons (Fsp3) is 0.615. The minimum atomic E-state index is -1.19. The normalized spacial score (nSPS) is 16.5. The Kier molecular flexibility index (Phi) is 5.12. The molecule has 1 fully saturated rings. The van der Waals surface area contributed by atoms with Crippen LogP contribution < -0.4 is 10.0 Å². The number of rotatable bonds is 6. The minimum Gasteiger partial charge on any atom is -0.550 e. The first-order valence-electron chi connectivity index (χ1n) is 7.06. The van der Waals surface area contributed by atoms with E-state index in [-0.39, 0.29) is 34.3 Å². The lowest BCUT2D eigenvalue weighted by atomic mass is 10.1. The number of carboxylic acid groups (broad SMARTS) is 1. The topological polar surface area (TPSA) is 109 Å². The molecule has 0 spiro atoms. The first-order valence-corrected chi connectivity index (χ1v) is 7.44. The molecule has 1 aromatic rings. The lowest BCUT2D eigenvalue weighted by molar-refractivity contribution is -0.729. The van der Waals surface area contributed by atoms with Crippen LogP contribution in [0, 0.1) is 10.8 Å². The van der Waals surface area contributed by atoms with Crippen molar-refractivity contribution < 1.29 is 20.0 Å². The quantitative estimate of drug-likeness (QED) is 0.614. The lowest BCUT2D eigenvalue weighted by Gasteiger charge is -2.32. The van der Waals surface area contributed by atoms with Crippen molar-refractivity contribution in [2.45, 2.75) is 38.6 Å². The summed E-state index contributed by atoms with van der Waals surface area (Å²) in [5, 5.41) is 20.2. The predicted octanol–water partition coefficient (Wildman–Crippen LogP) is 1.06. The summed E-state index contributed by atoms with van der Waals surface area (Å²) >= 11 is 5.79. The van der Waals surface area contributed by atoms with Crippen LogP contribution >= 0.6 is 11.6 Å². The van der Waals surface area contributed by atoms with Crippen molar-refractivity contribution in [1.29, 1.82) is 0 Å². The largest absolute Gasteiger partial charge is 0.550 e. The van der Waals surface area contributed by atoms with Gasteiger partial charge in [-0.1, -0.05) is 19.8 Å². The number of nitrogens with zero attached hydrogens (tertiary/aromatic N) is 4. The molecule has 0 aromatic carbocycles. The first-order chi connectivity index (χ1) is 10.4. The molecule has 1 aromatic heterocycles. The van der Waals surface area contributed by atoms with Crippen LogP contribution in [-0.4, -0.2) is 38.7 Å². The maximum absolute atomic E-state index is 11.3. The zero-order valence-electron chi connectivity index (χ0n) is 12.1. The van der Waals surface area contributed by atoms with E-state index in [2.05, 4.69) is 9.97 Å². The molecule has 0 radical (unpaired) electrons. The molecule has 1 N–H and O–H groups in total. The molecule has 1 aliphatic carbocycles. The van der Waals surface area contributed by atoms with Crippen LogP contribution in [0.15, 0.2) is 6.20 Å². The highest BCUT2D eigenvalue weighted by atomic mass is 35.5. The molecular formula is C13H17ClN4O4. The van der Waals surface area contributed by atoms with E-state index in [1.807, 2.05) is 0 Å². The third-order valence-corrected chi connectivity index (χ3v) is 4.02. The lowest BCUT2D eigenvalue weighted by Crippen LogP contribution is -2.43. The van der Waals surface area contributed by atoms with E-state index >= 15 is 0 Å². The second-order valence-corrected chi connectivity index (χ2v) is 5.77. The Labute approximate surface area is 132 Å². The summed E-state index contributed by atoms with van der Waals surface area (Å²) in [4.78, 5) is 31.4. The van der Waals surface area contributed by atoms with Gasteiger partial charge in [0.25, 0.3) is 4.92 Å². The van der Waals surface area contributed by atoms with Crippen LogP contribution in [0.5, 0.6) is 0 Å². The molecule has 9 heteroatoms. The van der Waals surface area contributed by atoms with Crippen molar-refractivity contribution in [3.05, 3.63) is 16.4 Å². The smallest absolute Gasteiger partial charge is 0.376 e. The molecule has 22 heavy (non-hydrogen) atoms. The van der Waals surface area contributed by atoms with Gasteiger partial charge in [-0.3, -0.25) is 0 Å². The highest BCUT2D eigenvalue weighted by molar-refractivity contribution is 6.28. The van der Waals surface area contributed by atoms with Crippen LogP contribution in [0.4, 0.5) is 11.5 Å². The van der Waals surface area contributed by atoms with Crippen molar-refractivity contribution in [2.24, 2.45) is 5.92 Å². The molecule has 2 rings (SSSR count). The zero-order chi connectivity index (χ0) is 16.3. The van der Waals surface area contributed by atoms with Crippen molar-refractivity contribution in [2.75, 3.05) is 11.4 Å².